The van der Waals surface area contributed by atoms with Gasteiger partial charge in [0.05, 0.1) is 0 Å². The normalized spacial score (nSPS) is 10.1. The van der Waals surface area contributed by atoms with Crippen molar-refractivity contribution in [3.63, 3.8) is 0 Å². The summed E-state index contributed by atoms with van der Waals surface area (Å²) in [7, 11) is 0. The number of Topliss-reactive ketones (excluding diaryl/α,β-unsaturated/α-hetero) is 1. The van der Waals surface area contributed by atoms with Gasteiger partial charge in [0.2, 0.25) is 0 Å². The molecule has 0 bridgehead atoms. The van der Waals surface area contributed by atoms with Gasteiger partial charge < -0.3 is 0 Å². The molecule has 0 heterocycles. The highest BCUT2D eigenvalue weighted by atomic mass is 19.1. The van der Waals surface area contributed by atoms with Crippen LogP contribution in [0.4, 0.5) is 4.39 Å². The highest BCUT2D eigenvalue weighted by molar-refractivity contribution is 5.80. The molecule has 0 amide bonds. The molecule has 1 aromatic rings. The van der Waals surface area contributed by atoms with Crippen LogP contribution >= 0.6 is 0 Å². The van der Waals surface area contributed by atoms with Crippen LogP contribution in [-0.4, -0.2) is 5.78 Å². The molecule has 1 nitrogen and oxygen atoms in total. The van der Waals surface area contributed by atoms with E-state index in [9.17, 15) is 9.18 Å². The molecular weight excluding hydrogens is 179 g/mol. The van der Waals surface area contributed by atoms with Gasteiger partial charge in [0.1, 0.15) is 11.6 Å². The van der Waals surface area contributed by atoms with E-state index in [4.69, 9.17) is 0 Å². The summed E-state index contributed by atoms with van der Waals surface area (Å²) in [5, 5.41) is 0. The summed E-state index contributed by atoms with van der Waals surface area (Å²) in [6.45, 7) is 2.06. The number of hydrogen-bond acceptors (Lipinski definition) is 1. The van der Waals surface area contributed by atoms with E-state index in [1.807, 2.05) is 0 Å². The number of rotatable bonds is 5. The Balaban J connectivity index is 2.44. The van der Waals surface area contributed by atoms with E-state index in [1.165, 1.54) is 12.1 Å². The lowest BCUT2D eigenvalue weighted by Crippen LogP contribution is -2.02. The third kappa shape index (κ3) is 3.69. The van der Waals surface area contributed by atoms with Crippen LogP contribution in [0.5, 0.6) is 0 Å². The van der Waals surface area contributed by atoms with Crippen molar-refractivity contribution in [2.75, 3.05) is 0 Å². The molecule has 0 saturated heterocycles. The molecule has 0 N–H and O–H groups in total. The summed E-state index contributed by atoms with van der Waals surface area (Å²) in [5.41, 5.74) is 0.896. The largest absolute Gasteiger partial charge is 0.299 e. The maximum Gasteiger partial charge on any atom is 0.137 e. The topological polar surface area (TPSA) is 17.1 Å². The van der Waals surface area contributed by atoms with Crippen molar-refractivity contribution < 1.29 is 9.18 Å². The number of unbranched alkanes of at least 4 members (excludes halogenated alkanes) is 1. The molecule has 14 heavy (non-hydrogen) atoms. The first-order valence-corrected chi connectivity index (χ1v) is 4.98. The molecule has 0 spiro atoms. The van der Waals surface area contributed by atoms with E-state index < -0.39 is 0 Å². The average Bonchev–Trinajstić information content (AvgIpc) is 2.18. The summed E-state index contributed by atoms with van der Waals surface area (Å²) in [6, 6.07) is 6.11. The van der Waals surface area contributed by atoms with Gasteiger partial charge >= 0.3 is 0 Å². The molecule has 0 atom stereocenters. The Morgan fingerprint density at radius 1 is 1.29 bits per heavy atom. The minimum atomic E-state index is -0.255. The molecule has 0 aliphatic rings. The molecular formula is C12H15FO. The van der Waals surface area contributed by atoms with Crippen LogP contribution in [0.1, 0.15) is 31.7 Å². The van der Waals surface area contributed by atoms with Crippen molar-refractivity contribution in [2.24, 2.45) is 0 Å². The SMILES string of the molecule is CCCCC(=O)Cc1ccc(F)cc1. The van der Waals surface area contributed by atoms with E-state index in [-0.39, 0.29) is 11.6 Å². The summed E-state index contributed by atoms with van der Waals surface area (Å²) >= 11 is 0. The Bertz CT molecular complexity index is 290. The maximum atomic E-state index is 12.5. The fourth-order valence-corrected chi connectivity index (χ4v) is 1.29. The van der Waals surface area contributed by atoms with Gasteiger partial charge in [-0.3, -0.25) is 4.79 Å². The monoisotopic (exact) mass is 194 g/mol. The molecule has 1 rings (SSSR count). The van der Waals surface area contributed by atoms with E-state index in [0.29, 0.717) is 12.8 Å². The van der Waals surface area contributed by atoms with Gasteiger partial charge in [-0.15, -0.1) is 0 Å². The Labute approximate surface area is 83.9 Å². The van der Waals surface area contributed by atoms with Gasteiger partial charge in [-0.1, -0.05) is 25.5 Å². The van der Waals surface area contributed by atoms with E-state index in [2.05, 4.69) is 6.92 Å². The van der Waals surface area contributed by atoms with Gasteiger partial charge in [-0.2, -0.15) is 0 Å². The van der Waals surface area contributed by atoms with Crippen LogP contribution in [0, 0.1) is 5.82 Å². The van der Waals surface area contributed by atoms with Crippen molar-refractivity contribution >= 4 is 5.78 Å². The molecule has 2 heteroatoms. The molecule has 0 unspecified atom stereocenters. The van der Waals surface area contributed by atoms with E-state index >= 15 is 0 Å². The van der Waals surface area contributed by atoms with Gasteiger partial charge in [0.25, 0.3) is 0 Å². The molecule has 0 aromatic heterocycles. The first-order chi connectivity index (χ1) is 6.72. The molecule has 0 aliphatic heterocycles. The third-order valence-corrected chi connectivity index (χ3v) is 2.12. The predicted molar refractivity (Wildman–Crippen MR) is 54.6 cm³/mol. The standard InChI is InChI=1S/C12H15FO/c1-2-3-4-12(14)9-10-5-7-11(13)8-6-10/h5-8H,2-4,9H2,1H3. The second-order valence-electron chi connectivity index (χ2n) is 3.45. The molecule has 0 radical (unpaired) electrons. The quantitative estimate of drug-likeness (QED) is 0.703. The number of benzene rings is 1. The highest BCUT2D eigenvalue weighted by Gasteiger charge is 2.02. The molecule has 0 saturated carbocycles. The fraction of sp³-hybridized carbons (Fsp3) is 0.417. The minimum absolute atomic E-state index is 0.235. The maximum absolute atomic E-state index is 12.5. The summed E-state index contributed by atoms with van der Waals surface area (Å²) in [6.07, 6.45) is 3.04. The number of carbonyl (C=O) groups is 1. The zero-order valence-electron chi connectivity index (χ0n) is 8.42. The third-order valence-electron chi connectivity index (χ3n) is 2.12. The average molecular weight is 194 g/mol. The van der Waals surface area contributed by atoms with Gasteiger partial charge in [0, 0.05) is 12.8 Å². The van der Waals surface area contributed by atoms with Crippen LogP contribution in [0.3, 0.4) is 0 Å². The van der Waals surface area contributed by atoms with Crippen molar-refractivity contribution in [1.29, 1.82) is 0 Å². The lowest BCUT2D eigenvalue weighted by molar-refractivity contribution is -0.118. The lowest BCUT2D eigenvalue weighted by Gasteiger charge is -2.00. The first kappa shape index (κ1) is 10.9. The molecule has 1 aromatic carbocycles. The van der Waals surface area contributed by atoms with Crippen molar-refractivity contribution in [2.45, 2.75) is 32.6 Å². The van der Waals surface area contributed by atoms with Crippen molar-refractivity contribution in [3.8, 4) is 0 Å². The Kier molecular flexibility index (Phi) is 4.30. The number of ketones is 1. The number of halogens is 1. The zero-order chi connectivity index (χ0) is 10.4. The van der Waals surface area contributed by atoms with Crippen LogP contribution in [0.15, 0.2) is 24.3 Å². The second-order valence-corrected chi connectivity index (χ2v) is 3.45. The molecule has 0 fully saturated rings. The van der Waals surface area contributed by atoms with Gasteiger partial charge in [0.15, 0.2) is 0 Å². The Morgan fingerprint density at radius 3 is 2.50 bits per heavy atom. The lowest BCUT2D eigenvalue weighted by atomic mass is 10.1. The summed E-state index contributed by atoms with van der Waals surface area (Å²) in [5.74, 6) is -0.0202. The first-order valence-electron chi connectivity index (χ1n) is 4.98. The van der Waals surface area contributed by atoms with Crippen molar-refractivity contribution in [1.82, 2.24) is 0 Å². The summed E-state index contributed by atoms with van der Waals surface area (Å²) in [4.78, 5) is 11.4. The van der Waals surface area contributed by atoms with Gasteiger partial charge in [-0.05, 0) is 24.1 Å². The zero-order valence-corrected chi connectivity index (χ0v) is 8.42. The molecule has 0 aliphatic carbocycles. The highest BCUT2D eigenvalue weighted by Crippen LogP contribution is 2.06. The van der Waals surface area contributed by atoms with Crippen LogP contribution in [0.2, 0.25) is 0 Å². The smallest absolute Gasteiger partial charge is 0.137 e. The summed E-state index contributed by atoms with van der Waals surface area (Å²) < 4.78 is 12.5. The minimum Gasteiger partial charge on any atom is -0.299 e. The van der Waals surface area contributed by atoms with Crippen LogP contribution < -0.4 is 0 Å². The second kappa shape index (κ2) is 5.53. The van der Waals surface area contributed by atoms with Crippen molar-refractivity contribution in [3.05, 3.63) is 35.6 Å². The number of carbonyl (C=O) groups excluding carboxylic acids is 1. The van der Waals surface area contributed by atoms with E-state index in [0.717, 1.165) is 18.4 Å². The molecule has 76 valence electrons. The fourth-order valence-electron chi connectivity index (χ4n) is 1.29. The predicted octanol–water partition coefficient (Wildman–Crippen LogP) is 3.13. The van der Waals surface area contributed by atoms with Crippen LogP contribution in [0.25, 0.3) is 0 Å². The Morgan fingerprint density at radius 2 is 1.93 bits per heavy atom. The van der Waals surface area contributed by atoms with Gasteiger partial charge in [-0.25, -0.2) is 4.39 Å². The Hall–Kier alpha value is -1.18. The van der Waals surface area contributed by atoms with Crippen LogP contribution in [-0.2, 0) is 11.2 Å². The van der Waals surface area contributed by atoms with E-state index in [1.54, 1.807) is 12.1 Å². The number of hydrogen-bond donors (Lipinski definition) is 0.